The van der Waals surface area contributed by atoms with Crippen molar-refractivity contribution in [3.8, 4) is 38.8 Å². The zero-order valence-electron chi connectivity index (χ0n) is 18.3. The summed E-state index contributed by atoms with van der Waals surface area (Å²) >= 11 is 1.67. The van der Waals surface area contributed by atoms with Gasteiger partial charge in [0.25, 0.3) is 0 Å². The number of anilines is 2. The van der Waals surface area contributed by atoms with Gasteiger partial charge in [-0.15, -0.1) is 21.5 Å². The molecule has 0 aliphatic rings. The van der Waals surface area contributed by atoms with Crippen molar-refractivity contribution < 1.29 is 4.74 Å². The summed E-state index contributed by atoms with van der Waals surface area (Å²) in [5, 5.41) is 15.1. The zero-order chi connectivity index (χ0) is 22.6. The molecule has 0 aliphatic heterocycles. The van der Waals surface area contributed by atoms with Gasteiger partial charge in [0.15, 0.2) is 5.82 Å². The molecule has 2 heterocycles. The highest BCUT2D eigenvalue weighted by molar-refractivity contribution is 7.13. The maximum absolute atomic E-state index is 5.20. The zero-order valence-corrected chi connectivity index (χ0v) is 19.1. The van der Waals surface area contributed by atoms with Gasteiger partial charge in [-0.05, 0) is 61.0 Å². The standard InChI is InChI=1S/C27H22N4OS/c1-18-5-3-4-6-23(18)27-29-25(17-33-27)20-7-11-21(12-8-20)28-26-16-15-24(30-31-26)19-9-13-22(32-2)14-10-19/h3-17H,1-2H3,(H,28,31). The van der Waals surface area contributed by atoms with Crippen LogP contribution in [0.3, 0.4) is 0 Å². The fraction of sp³-hybridized carbons (Fsp3) is 0.0741. The third-order valence-electron chi connectivity index (χ3n) is 5.38. The predicted molar refractivity (Wildman–Crippen MR) is 135 cm³/mol. The maximum Gasteiger partial charge on any atom is 0.153 e. The smallest absolute Gasteiger partial charge is 0.153 e. The summed E-state index contributed by atoms with van der Waals surface area (Å²) in [4.78, 5) is 4.84. The average molecular weight is 451 g/mol. The average Bonchev–Trinajstić information content (AvgIpc) is 3.35. The van der Waals surface area contributed by atoms with Crippen LogP contribution in [-0.4, -0.2) is 22.3 Å². The van der Waals surface area contributed by atoms with Gasteiger partial charge in [0, 0.05) is 27.8 Å². The molecule has 0 unspecified atom stereocenters. The molecule has 0 atom stereocenters. The molecule has 0 radical (unpaired) electrons. The van der Waals surface area contributed by atoms with E-state index in [0.29, 0.717) is 5.82 Å². The van der Waals surface area contributed by atoms with Crippen LogP contribution in [0.2, 0.25) is 0 Å². The highest BCUT2D eigenvalue weighted by atomic mass is 32.1. The monoisotopic (exact) mass is 450 g/mol. The number of aromatic nitrogens is 3. The number of rotatable bonds is 6. The van der Waals surface area contributed by atoms with Crippen molar-refractivity contribution in [3.05, 3.63) is 95.9 Å². The Labute approximate surface area is 196 Å². The van der Waals surface area contributed by atoms with Crippen molar-refractivity contribution in [2.45, 2.75) is 6.92 Å². The summed E-state index contributed by atoms with van der Waals surface area (Å²) in [6.45, 7) is 2.11. The second-order valence-corrected chi connectivity index (χ2v) is 8.45. The van der Waals surface area contributed by atoms with Crippen LogP contribution in [0.25, 0.3) is 33.1 Å². The number of hydrogen-bond acceptors (Lipinski definition) is 6. The number of nitrogens with zero attached hydrogens (tertiary/aromatic N) is 3. The van der Waals surface area contributed by atoms with Crippen LogP contribution in [0.5, 0.6) is 5.75 Å². The largest absolute Gasteiger partial charge is 0.497 e. The van der Waals surface area contributed by atoms with Crippen LogP contribution in [0.1, 0.15) is 5.56 Å². The van der Waals surface area contributed by atoms with Gasteiger partial charge >= 0.3 is 0 Å². The van der Waals surface area contributed by atoms with Gasteiger partial charge in [0.2, 0.25) is 0 Å². The van der Waals surface area contributed by atoms with Crippen molar-refractivity contribution >= 4 is 22.8 Å². The van der Waals surface area contributed by atoms with Gasteiger partial charge in [0.05, 0.1) is 18.5 Å². The lowest BCUT2D eigenvalue weighted by Crippen LogP contribution is -1.96. The molecule has 1 N–H and O–H groups in total. The number of aryl methyl sites for hydroxylation is 1. The summed E-state index contributed by atoms with van der Waals surface area (Å²) in [7, 11) is 1.65. The molecule has 5 rings (SSSR count). The maximum atomic E-state index is 5.20. The van der Waals surface area contributed by atoms with E-state index >= 15 is 0 Å². The first-order chi connectivity index (χ1) is 16.2. The number of methoxy groups -OCH3 is 1. The Balaban J connectivity index is 1.28. The third kappa shape index (κ3) is 4.61. The normalized spacial score (nSPS) is 10.7. The SMILES string of the molecule is COc1ccc(-c2ccc(Nc3ccc(-c4csc(-c5ccccc5C)n4)cc3)nn2)cc1. The first kappa shape index (κ1) is 20.8. The lowest BCUT2D eigenvalue weighted by atomic mass is 10.1. The molecule has 0 saturated heterocycles. The van der Waals surface area contributed by atoms with Crippen molar-refractivity contribution in [2.24, 2.45) is 0 Å². The van der Waals surface area contributed by atoms with E-state index in [1.807, 2.05) is 48.5 Å². The molecule has 3 aromatic carbocycles. The van der Waals surface area contributed by atoms with E-state index in [4.69, 9.17) is 9.72 Å². The first-order valence-corrected chi connectivity index (χ1v) is 11.4. The molecule has 0 spiro atoms. The molecule has 0 bridgehead atoms. The Morgan fingerprint density at radius 1 is 0.758 bits per heavy atom. The summed E-state index contributed by atoms with van der Waals surface area (Å²) in [5.41, 5.74) is 7.23. The molecule has 2 aromatic heterocycles. The minimum Gasteiger partial charge on any atom is -0.497 e. The topological polar surface area (TPSA) is 59.9 Å². The molecule has 0 aliphatic carbocycles. The second-order valence-electron chi connectivity index (χ2n) is 7.59. The Kier molecular flexibility index (Phi) is 5.83. The Morgan fingerprint density at radius 3 is 2.18 bits per heavy atom. The van der Waals surface area contributed by atoms with E-state index in [0.717, 1.165) is 39.0 Å². The Bertz CT molecular complexity index is 1360. The van der Waals surface area contributed by atoms with Crippen LogP contribution < -0.4 is 10.1 Å². The Hall–Kier alpha value is -4.03. The van der Waals surface area contributed by atoms with Crippen molar-refractivity contribution in [3.63, 3.8) is 0 Å². The summed E-state index contributed by atoms with van der Waals surface area (Å²) in [6.07, 6.45) is 0. The first-order valence-electron chi connectivity index (χ1n) is 10.6. The van der Waals surface area contributed by atoms with Gasteiger partial charge in [-0.1, -0.05) is 36.4 Å². The lowest BCUT2D eigenvalue weighted by molar-refractivity contribution is 0.415. The fourth-order valence-corrected chi connectivity index (χ4v) is 4.45. The van der Waals surface area contributed by atoms with E-state index in [1.165, 1.54) is 11.1 Å². The van der Waals surface area contributed by atoms with E-state index in [2.05, 4.69) is 64.2 Å². The van der Waals surface area contributed by atoms with Crippen LogP contribution in [0.15, 0.2) is 90.3 Å². The minimum atomic E-state index is 0.690. The molecule has 5 aromatic rings. The van der Waals surface area contributed by atoms with Gasteiger partial charge in [0.1, 0.15) is 10.8 Å². The molecule has 0 amide bonds. The van der Waals surface area contributed by atoms with E-state index in [9.17, 15) is 0 Å². The Morgan fingerprint density at radius 2 is 1.48 bits per heavy atom. The summed E-state index contributed by atoms with van der Waals surface area (Å²) in [6, 6.07) is 28.2. The second kappa shape index (κ2) is 9.22. The molecule has 33 heavy (non-hydrogen) atoms. The van der Waals surface area contributed by atoms with Gasteiger partial charge in [-0.3, -0.25) is 0 Å². The van der Waals surface area contributed by atoms with Crippen LogP contribution in [0, 0.1) is 6.92 Å². The van der Waals surface area contributed by atoms with E-state index in [1.54, 1.807) is 18.4 Å². The van der Waals surface area contributed by atoms with Crippen molar-refractivity contribution in [1.82, 2.24) is 15.2 Å². The number of thiazole rings is 1. The number of nitrogens with one attached hydrogen (secondary N) is 1. The van der Waals surface area contributed by atoms with Crippen LogP contribution in [-0.2, 0) is 0 Å². The molecule has 0 fully saturated rings. The van der Waals surface area contributed by atoms with Crippen LogP contribution in [0.4, 0.5) is 11.5 Å². The lowest BCUT2D eigenvalue weighted by Gasteiger charge is -2.07. The fourth-order valence-electron chi connectivity index (χ4n) is 3.53. The van der Waals surface area contributed by atoms with Crippen molar-refractivity contribution in [1.29, 1.82) is 0 Å². The van der Waals surface area contributed by atoms with Crippen LogP contribution >= 0.6 is 11.3 Å². The van der Waals surface area contributed by atoms with E-state index in [-0.39, 0.29) is 0 Å². The number of hydrogen-bond donors (Lipinski definition) is 1. The third-order valence-corrected chi connectivity index (χ3v) is 6.26. The quantitative estimate of drug-likeness (QED) is 0.302. The highest BCUT2D eigenvalue weighted by Gasteiger charge is 2.09. The number of ether oxygens (including phenoxy) is 1. The van der Waals surface area contributed by atoms with E-state index < -0.39 is 0 Å². The summed E-state index contributed by atoms with van der Waals surface area (Å²) in [5.74, 6) is 1.51. The van der Waals surface area contributed by atoms with Gasteiger partial charge in [-0.25, -0.2) is 4.98 Å². The molecular formula is C27H22N4OS. The summed E-state index contributed by atoms with van der Waals surface area (Å²) < 4.78 is 5.20. The van der Waals surface area contributed by atoms with Crippen molar-refractivity contribution in [2.75, 3.05) is 12.4 Å². The molecule has 0 saturated carbocycles. The minimum absolute atomic E-state index is 0.690. The number of benzene rings is 3. The van der Waals surface area contributed by atoms with Gasteiger partial charge in [-0.2, -0.15) is 0 Å². The molecule has 162 valence electrons. The molecular weight excluding hydrogens is 428 g/mol. The van der Waals surface area contributed by atoms with Gasteiger partial charge < -0.3 is 10.1 Å². The molecule has 6 heteroatoms. The molecule has 5 nitrogen and oxygen atoms in total. The highest BCUT2D eigenvalue weighted by Crippen LogP contribution is 2.31. The predicted octanol–water partition coefficient (Wildman–Crippen LogP) is 6.99.